The topological polar surface area (TPSA) is 80.1 Å². The molecule has 1 aromatic heterocycles. The van der Waals surface area contributed by atoms with Crippen LogP contribution in [0.3, 0.4) is 0 Å². The quantitative estimate of drug-likeness (QED) is 0.760. The summed E-state index contributed by atoms with van der Waals surface area (Å²) < 4.78 is 1.74. The van der Waals surface area contributed by atoms with E-state index < -0.39 is 0 Å². The summed E-state index contributed by atoms with van der Waals surface area (Å²) in [5.74, 6) is 0.900. The molecule has 1 N–H and O–H groups in total. The van der Waals surface area contributed by atoms with Crippen LogP contribution < -0.4 is 5.32 Å². The fourth-order valence-corrected chi connectivity index (χ4v) is 5.34. The smallest absolute Gasteiger partial charge is 0.273 e. The Kier molecular flexibility index (Phi) is 6.82. The van der Waals surface area contributed by atoms with Gasteiger partial charge >= 0.3 is 0 Å². The molecule has 0 bridgehead atoms. The first-order valence-electron chi connectivity index (χ1n) is 11.7. The van der Waals surface area contributed by atoms with Crippen molar-refractivity contribution in [3.63, 3.8) is 0 Å². The van der Waals surface area contributed by atoms with Crippen molar-refractivity contribution in [3.05, 3.63) is 11.9 Å². The van der Waals surface area contributed by atoms with E-state index in [9.17, 15) is 9.59 Å². The summed E-state index contributed by atoms with van der Waals surface area (Å²) in [5.41, 5.74) is 0.380. The largest absolute Gasteiger partial charge is 0.348 e. The van der Waals surface area contributed by atoms with Crippen molar-refractivity contribution in [1.82, 2.24) is 25.2 Å². The molecule has 2 amide bonds. The van der Waals surface area contributed by atoms with Crippen molar-refractivity contribution < 1.29 is 9.59 Å². The summed E-state index contributed by atoms with van der Waals surface area (Å²) in [4.78, 5) is 27.2. The third-order valence-electron chi connectivity index (χ3n) is 7.05. The van der Waals surface area contributed by atoms with Gasteiger partial charge < -0.3 is 10.2 Å². The predicted octanol–water partition coefficient (Wildman–Crippen LogP) is 3.30. The van der Waals surface area contributed by atoms with Gasteiger partial charge in [0.25, 0.3) is 5.91 Å². The molecule has 2 saturated carbocycles. The normalized spacial score (nSPS) is 23.6. The van der Waals surface area contributed by atoms with Crippen LogP contribution in [0, 0.1) is 5.92 Å². The SMILES string of the molecule is O=C(NC1CCCC1)c1cn(CC2CCCN2C(=O)CCC2CCCCC2)nn1. The van der Waals surface area contributed by atoms with E-state index in [0.29, 0.717) is 18.7 Å². The maximum absolute atomic E-state index is 12.8. The first kappa shape index (κ1) is 20.4. The average molecular weight is 402 g/mol. The van der Waals surface area contributed by atoms with Crippen LogP contribution in [-0.4, -0.2) is 50.3 Å². The Bertz CT molecular complexity index is 691. The van der Waals surface area contributed by atoms with Crippen molar-refractivity contribution in [2.24, 2.45) is 5.92 Å². The van der Waals surface area contributed by atoms with Gasteiger partial charge in [-0.2, -0.15) is 0 Å². The Balaban J connectivity index is 1.27. The molecule has 3 aliphatic rings. The van der Waals surface area contributed by atoms with Crippen LogP contribution in [0.25, 0.3) is 0 Å². The number of rotatable bonds is 7. The van der Waals surface area contributed by atoms with E-state index in [1.807, 2.05) is 4.90 Å². The van der Waals surface area contributed by atoms with Crippen LogP contribution in [-0.2, 0) is 11.3 Å². The second kappa shape index (κ2) is 9.72. The third kappa shape index (κ3) is 5.37. The average Bonchev–Trinajstić information content (AvgIpc) is 3.49. The fourth-order valence-electron chi connectivity index (χ4n) is 5.34. The van der Waals surface area contributed by atoms with Crippen LogP contribution in [0.1, 0.15) is 94.0 Å². The first-order chi connectivity index (χ1) is 14.2. The van der Waals surface area contributed by atoms with Gasteiger partial charge in [0.2, 0.25) is 5.91 Å². The second-order valence-electron chi connectivity index (χ2n) is 9.21. The summed E-state index contributed by atoms with van der Waals surface area (Å²) >= 11 is 0. The molecular weight excluding hydrogens is 366 g/mol. The number of aromatic nitrogens is 3. The molecular formula is C22H35N5O2. The maximum atomic E-state index is 12.8. The molecule has 2 heterocycles. The van der Waals surface area contributed by atoms with E-state index in [2.05, 4.69) is 15.6 Å². The molecule has 29 heavy (non-hydrogen) atoms. The summed E-state index contributed by atoms with van der Waals surface area (Å²) in [6, 6.07) is 0.445. The lowest BCUT2D eigenvalue weighted by Crippen LogP contribution is -2.38. The highest BCUT2D eigenvalue weighted by molar-refractivity contribution is 5.92. The van der Waals surface area contributed by atoms with Gasteiger partial charge in [-0.05, 0) is 38.0 Å². The number of hydrogen-bond donors (Lipinski definition) is 1. The van der Waals surface area contributed by atoms with Gasteiger partial charge in [-0.3, -0.25) is 9.59 Å². The number of nitrogens with zero attached hydrogens (tertiary/aromatic N) is 4. The minimum absolute atomic E-state index is 0.130. The van der Waals surface area contributed by atoms with Crippen LogP contribution in [0.5, 0.6) is 0 Å². The van der Waals surface area contributed by atoms with E-state index in [-0.39, 0.29) is 23.9 Å². The zero-order valence-electron chi connectivity index (χ0n) is 17.5. The monoisotopic (exact) mass is 401 g/mol. The lowest BCUT2D eigenvalue weighted by molar-refractivity contribution is -0.132. The van der Waals surface area contributed by atoms with E-state index in [1.54, 1.807) is 10.9 Å². The molecule has 1 aliphatic heterocycles. The van der Waals surface area contributed by atoms with Crippen LogP contribution >= 0.6 is 0 Å². The maximum Gasteiger partial charge on any atom is 0.273 e. The standard InChI is InChI=1S/C22H35N5O2/c28-21(13-12-17-7-2-1-3-8-17)27-14-6-11-19(27)15-26-16-20(24-25-26)22(29)23-18-9-4-5-10-18/h16-19H,1-15H2,(H,23,29). The Hall–Kier alpha value is -1.92. The zero-order valence-corrected chi connectivity index (χ0v) is 17.5. The van der Waals surface area contributed by atoms with Crippen molar-refractivity contribution in [2.45, 2.75) is 102 Å². The van der Waals surface area contributed by atoms with Gasteiger partial charge in [-0.15, -0.1) is 5.10 Å². The summed E-state index contributed by atoms with van der Waals surface area (Å²) in [6.07, 6.45) is 16.6. The molecule has 160 valence electrons. The summed E-state index contributed by atoms with van der Waals surface area (Å²) in [5, 5.41) is 11.3. The van der Waals surface area contributed by atoms with E-state index in [4.69, 9.17) is 0 Å². The van der Waals surface area contributed by atoms with Crippen LogP contribution in [0.4, 0.5) is 0 Å². The molecule has 4 rings (SSSR count). The Morgan fingerprint density at radius 3 is 2.55 bits per heavy atom. The highest BCUT2D eigenvalue weighted by atomic mass is 16.2. The molecule has 1 saturated heterocycles. The Morgan fingerprint density at radius 1 is 1.00 bits per heavy atom. The minimum atomic E-state index is -0.130. The second-order valence-corrected chi connectivity index (χ2v) is 9.21. The molecule has 7 heteroatoms. The Labute approximate surface area is 173 Å². The van der Waals surface area contributed by atoms with Gasteiger partial charge in [0, 0.05) is 19.0 Å². The van der Waals surface area contributed by atoms with Crippen molar-refractivity contribution in [2.75, 3.05) is 6.54 Å². The lowest BCUT2D eigenvalue weighted by Gasteiger charge is -2.26. The molecule has 3 fully saturated rings. The molecule has 1 unspecified atom stereocenters. The van der Waals surface area contributed by atoms with Crippen molar-refractivity contribution in [3.8, 4) is 0 Å². The third-order valence-corrected chi connectivity index (χ3v) is 7.05. The van der Waals surface area contributed by atoms with Crippen LogP contribution in [0.15, 0.2) is 6.20 Å². The highest BCUT2D eigenvalue weighted by Crippen LogP contribution is 2.28. The highest BCUT2D eigenvalue weighted by Gasteiger charge is 2.30. The molecule has 0 radical (unpaired) electrons. The minimum Gasteiger partial charge on any atom is -0.348 e. The summed E-state index contributed by atoms with van der Waals surface area (Å²) in [6.45, 7) is 1.47. The number of nitrogens with one attached hydrogen (secondary N) is 1. The molecule has 1 atom stereocenters. The van der Waals surface area contributed by atoms with Crippen molar-refractivity contribution >= 4 is 11.8 Å². The van der Waals surface area contributed by atoms with E-state index in [1.165, 1.54) is 44.9 Å². The van der Waals surface area contributed by atoms with E-state index >= 15 is 0 Å². The zero-order chi connectivity index (χ0) is 20.1. The number of likely N-dealkylation sites (tertiary alicyclic amines) is 1. The molecule has 7 nitrogen and oxygen atoms in total. The van der Waals surface area contributed by atoms with Gasteiger partial charge in [0.05, 0.1) is 18.8 Å². The summed E-state index contributed by atoms with van der Waals surface area (Å²) in [7, 11) is 0. The predicted molar refractivity (Wildman–Crippen MR) is 110 cm³/mol. The van der Waals surface area contributed by atoms with Gasteiger partial charge in [0.15, 0.2) is 5.69 Å². The number of hydrogen-bond acceptors (Lipinski definition) is 4. The molecule has 0 spiro atoms. The first-order valence-corrected chi connectivity index (χ1v) is 11.7. The number of amides is 2. The Morgan fingerprint density at radius 2 is 1.76 bits per heavy atom. The van der Waals surface area contributed by atoms with Crippen LogP contribution in [0.2, 0.25) is 0 Å². The van der Waals surface area contributed by atoms with Gasteiger partial charge in [0.1, 0.15) is 0 Å². The molecule has 0 aromatic carbocycles. The molecule has 1 aromatic rings. The number of carbonyl (C=O) groups is 2. The number of carbonyl (C=O) groups excluding carboxylic acids is 2. The molecule has 2 aliphatic carbocycles. The lowest BCUT2D eigenvalue weighted by atomic mass is 9.86. The van der Waals surface area contributed by atoms with Gasteiger partial charge in [-0.25, -0.2) is 4.68 Å². The van der Waals surface area contributed by atoms with E-state index in [0.717, 1.165) is 44.6 Å². The van der Waals surface area contributed by atoms with Crippen molar-refractivity contribution in [1.29, 1.82) is 0 Å². The fraction of sp³-hybridized carbons (Fsp3) is 0.818. The van der Waals surface area contributed by atoms with Gasteiger partial charge in [-0.1, -0.05) is 50.2 Å².